The van der Waals surface area contributed by atoms with Crippen molar-refractivity contribution >= 4 is 17.3 Å². The summed E-state index contributed by atoms with van der Waals surface area (Å²) in [6.45, 7) is 1.66. The Kier molecular flexibility index (Phi) is 3.97. The smallest absolute Gasteiger partial charge is 0.343 e. The highest BCUT2D eigenvalue weighted by Crippen LogP contribution is 2.21. The van der Waals surface area contributed by atoms with Crippen molar-refractivity contribution in [3.63, 3.8) is 0 Å². The number of aliphatic hydroxyl groups is 1. The number of rotatable bonds is 4. The quantitative estimate of drug-likeness (QED) is 0.770. The number of carbonyl (C=O) groups is 1. The maximum atomic E-state index is 13.2. The predicted molar refractivity (Wildman–Crippen MR) is 48.6 cm³/mol. The molecule has 0 bridgehead atoms. The molecule has 0 saturated carbocycles. The minimum absolute atomic E-state index is 0.0871. The molecule has 1 rings (SSSR count). The lowest BCUT2D eigenvalue weighted by molar-refractivity contribution is -0.153. The molecule has 1 aromatic rings. The standard InChI is InChI=1S/C8H10FNO3S/c1-2-13-8(12)5(9)6(11)7-10-3-4-14-7/h3-6,11H,2H2,1H3. The minimum atomic E-state index is -2.07. The molecule has 0 aromatic carbocycles. The van der Waals surface area contributed by atoms with Crippen molar-refractivity contribution in [1.82, 2.24) is 4.98 Å². The highest BCUT2D eigenvalue weighted by Gasteiger charge is 2.30. The third kappa shape index (κ3) is 2.49. The first-order valence-electron chi connectivity index (χ1n) is 4.05. The second-order valence-corrected chi connectivity index (χ2v) is 3.40. The first-order chi connectivity index (χ1) is 6.66. The molecule has 0 radical (unpaired) electrons. The van der Waals surface area contributed by atoms with Gasteiger partial charge < -0.3 is 9.84 Å². The van der Waals surface area contributed by atoms with E-state index in [1.165, 1.54) is 6.20 Å². The average molecular weight is 219 g/mol. The number of nitrogens with zero attached hydrogens (tertiary/aromatic N) is 1. The molecule has 0 spiro atoms. The molecule has 78 valence electrons. The monoisotopic (exact) mass is 219 g/mol. The van der Waals surface area contributed by atoms with E-state index in [-0.39, 0.29) is 11.6 Å². The first-order valence-corrected chi connectivity index (χ1v) is 4.93. The molecule has 0 aliphatic rings. The van der Waals surface area contributed by atoms with Crippen LogP contribution in [0.3, 0.4) is 0 Å². The first kappa shape index (κ1) is 11.1. The van der Waals surface area contributed by atoms with Crippen LogP contribution in [0.2, 0.25) is 0 Å². The Morgan fingerprint density at radius 1 is 1.86 bits per heavy atom. The van der Waals surface area contributed by atoms with E-state index in [0.717, 1.165) is 11.3 Å². The molecule has 0 saturated heterocycles. The van der Waals surface area contributed by atoms with Gasteiger partial charge in [-0.15, -0.1) is 11.3 Å². The molecule has 0 fully saturated rings. The van der Waals surface area contributed by atoms with Crippen molar-refractivity contribution in [2.75, 3.05) is 6.61 Å². The second-order valence-electron chi connectivity index (χ2n) is 2.47. The van der Waals surface area contributed by atoms with Crippen LogP contribution < -0.4 is 0 Å². The summed E-state index contributed by atoms with van der Waals surface area (Å²) in [5, 5.41) is 11.1. The Labute approximate surface area is 84.4 Å². The molecular weight excluding hydrogens is 209 g/mol. The van der Waals surface area contributed by atoms with E-state index in [2.05, 4.69) is 9.72 Å². The van der Waals surface area contributed by atoms with Crippen molar-refractivity contribution < 1.29 is 19.0 Å². The third-order valence-corrected chi connectivity index (χ3v) is 2.34. The van der Waals surface area contributed by atoms with Crippen LogP contribution in [0.5, 0.6) is 0 Å². The van der Waals surface area contributed by atoms with E-state index in [1.807, 2.05) is 0 Å². The van der Waals surface area contributed by atoms with E-state index in [9.17, 15) is 14.3 Å². The summed E-state index contributed by atoms with van der Waals surface area (Å²) in [6.07, 6.45) is -2.17. The minimum Gasteiger partial charge on any atom is -0.464 e. The topological polar surface area (TPSA) is 59.4 Å². The van der Waals surface area contributed by atoms with Gasteiger partial charge in [0.1, 0.15) is 11.1 Å². The maximum Gasteiger partial charge on any atom is 0.343 e. The Hall–Kier alpha value is -1.01. The van der Waals surface area contributed by atoms with E-state index in [1.54, 1.807) is 12.3 Å². The molecule has 0 aliphatic heterocycles. The molecule has 0 aliphatic carbocycles. The lowest BCUT2D eigenvalue weighted by Gasteiger charge is -2.11. The van der Waals surface area contributed by atoms with Gasteiger partial charge in [-0.05, 0) is 6.92 Å². The average Bonchev–Trinajstić information content (AvgIpc) is 2.68. The van der Waals surface area contributed by atoms with Gasteiger partial charge in [0.15, 0.2) is 0 Å². The normalized spacial score (nSPS) is 14.8. The Morgan fingerprint density at radius 2 is 2.57 bits per heavy atom. The van der Waals surface area contributed by atoms with Gasteiger partial charge in [-0.3, -0.25) is 0 Å². The summed E-state index contributed by atoms with van der Waals surface area (Å²) in [6, 6.07) is 0. The summed E-state index contributed by atoms with van der Waals surface area (Å²) in [7, 11) is 0. The summed E-state index contributed by atoms with van der Waals surface area (Å²) in [5.74, 6) is -1.06. The predicted octanol–water partition coefficient (Wildman–Crippen LogP) is 1.08. The fourth-order valence-electron chi connectivity index (χ4n) is 0.856. The summed E-state index contributed by atoms with van der Waals surface area (Å²) >= 11 is 1.09. The molecular formula is C8H10FNO3S. The van der Waals surface area contributed by atoms with Gasteiger partial charge in [0.25, 0.3) is 0 Å². The number of hydrogen-bond acceptors (Lipinski definition) is 5. The molecule has 1 aromatic heterocycles. The van der Waals surface area contributed by atoms with E-state index in [4.69, 9.17) is 0 Å². The van der Waals surface area contributed by atoms with E-state index in [0.29, 0.717) is 0 Å². The van der Waals surface area contributed by atoms with Crippen molar-refractivity contribution in [3.05, 3.63) is 16.6 Å². The Balaban J connectivity index is 2.61. The molecule has 2 atom stereocenters. The van der Waals surface area contributed by atoms with Crippen LogP contribution in [0.1, 0.15) is 18.0 Å². The number of alkyl halides is 1. The van der Waals surface area contributed by atoms with Gasteiger partial charge >= 0.3 is 5.97 Å². The van der Waals surface area contributed by atoms with Crippen LogP contribution in [0.25, 0.3) is 0 Å². The van der Waals surface area contributed by atoms with Crippen LogP contribution in [-0.2, 0) is 9.53 Å². The number of esters is 1. The Bertz CT molecular complexity index is 291. The Morgan fingerprint density at radius 3 is 3.07 bits per heavy atom. The zero-order chi connectivity index (χ0) is 10.6. The van der Waals surface area contributed by atoms with Gasteiger partial charge in [0.2, 0.25) is 6.17 Å². The van der Waals surface area contributed by atoms with Crippen LogP contribution >= 0.6 is 11.3 Å². The van der Waals surface area contributed by atoms with Crippen molar-refractivity contribution in [1.29, 1.82) is 0 Å². The van der Waals surface area contributed by atoms with E-state index < -0.39 is 18.2 Å². The van der Waals surface area contributed by atoms with Crippen molar-refractivity contribution in [2.24, 2.45) is 0 Å². The lowest BCUT2D eigenvalue weighted by atomic mass is 10.2. The molecule has 6 heteroatoms. The SMILES string of the molecule is CCOC(=O)C(F)C(O)c1nccs1. The van der Waals surface area contributed by atoms with E-state index >= 15 is 0 Å². The van der Waals surface area contributed by atoms with Gasteiger partial charge in [0, 0.05) is 11.6 Å². The molecule has 14 heavy (non-hydrogen) atoms. The lowest BCUT2D eigenvalue weighted by Crippen LogP contribution is -2.25. The zero-order valence-corrected chi connectivity index (χ0v) is 8.33. The van der Waals surface area contributed by atoms with Crippen LogP contribution in [0.4, 0.5) is 4.39 Å². The number of aromatic nitrogens is 1. The number of thiazole rings is 1. The van der Waals surface area contributed by atoms with Crippen molar-refractivity contribution in [3.8, 4) is 0 Å². The highest BCUT2D eigenvalue weighted by atomic mass is 32.1. The number of ether oxygens (including phenoxy) is 1. The number of aliphatic hydroxyl groups excluding tert-OH is 1. The van der Waals surface area contributed by atoms with Gasteiger partial charge in [-0.1, -0.05) is 0 Å². The fourth-order valence-corrected chi connectivity index (χ4v) is 1.50. The van der Waals surface area contributed by atoms with Gasteiger partial charge in [0.05, 0.1) is 6.61 Å². The van der Waals surface area contributed by atoms with Crippen LogP contribution in [0.15, 0.2) is 11.6 Å². The van der Waals surface area contributed by atoms with Crippen LogP contribution in [-0.4, -0.2) is 28.8 Å². The number of carbonyl (C=O) groups excluding carboxylic acids is 1. The molecule has 2 unspecified atom stereocenters. The molecule has 0 amide bonds. The largest absolute Gasteiger partial charge is 0.464 e. The van der Waals surface area contributed by atoms with Gasteiger partial charge in [-0.25, -0.2) is 14.2 Å². The number of halogens is 1. The summed E-state index contributed by atoms with van der Waals surface area (Å²) < 4.78 is 17.6. The van der Waals surface area contributed by atoms with Crippen LogP contribution in [0, 0.1) is 0 Å². The fraction of sp³-hybridized carbons (Fsp3) is 0.500. The third-order valence-electron chi connectivity index (χ3n) is 1.49. The van der Waals surface area contributed by atoms with Crippen molar-refractivity contribution in [2.45, 2.75) is 19.2 Å². The zero-order valence-electron chi connectivity index (χ0n) is 7.51. The summed E-state index contributed by atoms with van der Waals surface area (Å²) in [4.78, 5) is 14.6. The highest BCUT2D eigenvalue weighted by molar-refractivity contribution is 7.09. The summed E-state index contributed by atoms with van der Waals surface area (Å²) in [5.41, 5.74) is 0. The molecule has 4 nitrogen and oxygen atoms in total. The second kappa shape index (κ2) is 5.02. The molecule has 1 heterocycles. The number of hydrogen-bond donors (Lipinski definition) is 1. The van der Waals surface area contributed by atoms with Gasteiger partial charge in [-0.2, -0.15) is 0 Å². The maximum absolute atomic E-state index is 13.2. The molecule has 1 N–H and O–H groups in total.